The Hall–Kier alpha value is -1.71. The largest absolute Gasteiger partial charge is 0.341 e. The van der Waals surface area contributed by atoms with Crippen molar-refractivity contribution in [3.05, 3.63) is 29.3 Å². The highest BCUT2D eigenvalue weighted by Crippen LogP contribution is 2.33. The molecule has 5 nitrogen and oxygen atoms in total. The van der Waals surface area contributed by atoms with Gasteiger partial charge in [-0.15, -0.1) is 10.2 Å². The zero-order valence-electron chi connectivity index (χ0n) is 12.2. The van der Waals surface area contributed by atoms with Gasteiger partial charge in [0, 0.05) is 13.1 Å². The van der Waals surface area contributed by atoms with E-state index in [2.05, 4.69) is 21.2 Å². The third-order valence-corrected chi connectivity index (χ3v) is 4.82. The molecule has 3 rings (SSSR count). The first kappa shape index (κ1) is 15.2. The van der Waals surface area contributed by atoms with Gasteiger partial charge in [-0.3, -0.25) is 4.57 Å². The van der Waals surface area contributed by atoms with E-state index in [-0.39, 0.29) is 5.25 Å². The van der Waals surface area contributed by atoms with E-state index in [9.17, 15) is 0 Å². The number of thioether (sulfide) groups is 1. The van der Waals surface area contributed by atoms with Gasteiger partial charge in [-0.2, -0.15) is 5.26 Å². The van der Waals surface area contributed by atoms with Crippen molar-refractivity contribution >= 4 is 29.3 Å². The van der Waals surface area contributed by atoms with E-state index >= 15 is 0 Å². The van der Waals surface area contributed by atoms with Crippen LogP contribution in [0.25, 0.3) is 5.69 Å². The number of halogens is 1. The second-order valence-electron chi connectivity index (χ2n) is 5.15. The van der Waals surface area contributed by atoms with E-state index in [1.165, 1.54) is 11.8 Å². The van der Waals surface area contributed by atoms with Crippen LogP contribution in [-0.2, 0) is 0 Å². The summed E-state index contributed by atoms with van der Waals surface area (Å²) in [6.07, 6.45) is 2.32. The van der Waals surface area contributed by atoms with E-state index in [0.717, 1.165) is 37.6 Å². The van der Waals surface area contributed by atoms with Gasteiger partial charge in [-0.1, -0.05) is 35.5 Å². The molecule has 1 aromatic heterocycles. The van der Waals surface area contributed by atoms with Gasteiger partial charge < -0.3 is 4.90 Å². The molecule has 1 saturated heterocycles. The molecule has 0 N–H and O–H groups in total. The third kappa shape index (κ3) is 2.92. The molecule has 7 heteroatoms. The zero-order valence-corrected chi connectivity index (χ0v) is 13.8. The summed E-state index contributed by atoms with van der Waals surface area (Å²) in [5.41, 5.74) is 0.851. The van der Waals surface area contributed by atoms with Crippen LogP contribution < -0.4 is 4.90 Å². The van der Waals surface area contributed by atoms with Crippen molar-refractivity contribution in [1.29, 1.82) is 5.26 Å². The van der Waals surface area contributed by atoms with E-state index < -0.39 is 0 Å². The standard InChI is InChI=1S/C15H16ClN5S/c1-11(10-17)22-15-19-18-14(20-8-4-5-9-20)21(15)13-7-3-2-6-12(13)16/h2-3,6-7,11H,4-5,8-9H2,1H3/t11-/m0/s1. The third-order valence-electron chi connectivity index (χ3n) is 3.56. The van der Waals surface area contributed by atoms with Gasteiger partial charge in [-0.25, -0.2) is 0 Å². The summed E-state index contributed by atoms with van der Waals surface area (Å²) in [6.45, 7) is 3.80. The summed E-state index contributed by atoms with van der Waals surface area (Å²) in [4.78, 5) is 2.22. The number of hydrogen-bond donors (Lipinski definition) is 0. The maximum atomic E-state index is 9.07. The van der Waals surface area contributed by atoms with Gasteiger partial charge in [0.15, 0.2) is 5.16 Å². The van der Waals surface area contributed by atoms with Crippen LogP contribution in [0.2, 0.25) is 5.02 Å². The molecule has 0 unspecified atom stereocenters. The molecule has 1 atom stereocenters. The number of nitrogens with zero attached hydrogens (tertiary/aromatic N) is 5. The highest BCUT2D eigenvalue weighted by molar-refractivity contribution is 8.00. The Morgan fingerprint density at radius 1 is 1.27 bits per heavy atom. The molecule has 114 valence electrons. The minimum Gasteiger partial charge on any atom is -0.341 e. The Morgan fingerprint density at radius 3 is 2.68 bits per heavy atom. The second kappa shape index (κ2) is 6.59. The molecule has 22 heavy (non-hydrogen) atoms. The molecule has 0 aliphatic carbocycles. The number of benzene rings is 1. The molecule has 1 fully saturated rings. The van der Waals surface area contributed by atoms with E-state index in [1.54, 1.807) is 0 Å². The maximum Gasteiger partial charge on any atom is 0.232 e. The Morgan fingerprint density at radius 2 is 2.00 bits per heavy atom. The van der Waals surface area contributed by atoms with Crippen molar-refractivity contribution < 1.29 is 0 Å². The quantitative estimate of drug-likeness (QED) is 0.801. The summed E-state index contributed by atoms with van der Waals surface area (Å²) in [5.74, 6) is 0.804. The van der Waals surface area contributed by atoms with Gasteiger partial charge in [0.2, 0.25) is 5.95 Å². The molecule has 1 aromatic carbocycles. The van der Waals surface area contributed by atoms with Crippen LogP contribution in [0.5, 0.6) is 0 Å². The Labute approximate surface area is 138 Å². The highest BCUT2D eigenvalue weighted by Gasteiger charge is 2.24. The first-order chi connectivity index (χ1) is 10.7. The van der Waals surface area contributed by atoms with Crippen LogP contribution in [0.3, 0.4) is 0 Å². The van der Waals surface area contributed by atoms with Crippen LogP contribution >= 0.6 is 23.4 Å². The number of anilines is 1. The summed E-state index contributed by atoms with van der Waals surface area (Å²) in [7, 11) is 0. The van der Waals surface area contributed by atoms with Gasteiger partial charge in [0.25, 0.3) is 0 Å². The molecular weight excluding hydrogens is 318 g/mol. The van der Waals surface area contributed by atoms with Crippen molar-refractivity contribution in [2.75, 3.05) is 18.0 Å². The predicted octanol–water partition coefficient (Wildman–Crippen LogP) is 3.53. The molecule has 0 bridgehead atoms. The molecule has 2 heterocycles. The molecule has 0 saturated carbocycles. The van der Waals surface area contributed by atoms with Crippen LogP contribution in [0.15, 0.2) is 29.4 Å². The number of hydrogen-bond acceptors (Lipinski definition) is 5. The van der Waals surface area contributed by atoms with Crippen molar-refractivity contribution in [2.45, 2.75) is 30.2 Å². The second-order valence-corrected chi connectivity index (χ2v) is 6.87. The van der Waals surface area contributed by atoms with E-state index in [4.69, 9.17) is 16.9 Å². The smallest absolute Gasteiger partial charge is 0.232 e. The lowest BCUT2D eigenvalue weighted by Gasteiger charge is -2.19. The minimum atomic E-state index is -0.197. The fourth-order valence-corrected chi connectivity index (χ4v) is 3.45. The summed E-state index contributed by atoms with van der Waals surface area (Å²) in [6, 6.07) is 9.87. The number of aromatic nitrogens is 3. The summed E-state index contributed by atoms with van der Waals surface area (Å²) in [5, 5.41) is 18.9. The van der Waals surface area contributed by atoms with Crippen molar-refractivity contribution in [1.82, 2.24) is 14.8 Å². The number of para-hydroxylation sites is 1. The summed E-state index contributed by atoms with van der Waals surface area (Å²) >= 11 is 7.76. The monoisotopic (exact) mass is 333 g/mol. The van der Waals surface area contributed by atoms with Crippen LogP contribution in [0.1, 0.15) is 19.8 Å². The van der Waals surface area contributed by atoms with E-state index in [0.29, 0.717) is 10.2 Å². The van der Waals surface area contributed by atoms with Gasteiger partial charge >= 0.3 is 0 Å². The topological polar surface area (TPSA) is 57.7 Å². The molecule has 2 aromatic rings. The Balaban J connectivity index is 2.08. The lowest BCUT2D eigenvalue weighted by atomic mass is 10.3. The fourth-order valence-electron chi connectivity index (χ4n) is 2.49. The molecule has 1 aliphatic rings. The molecule has 0 amide bonds. The average Bonchev–Trinajstić information content (AvgIpc) is 3.17. The minimum absolute atomic E-state index is 0.197. The zero-order chi connectivity index (χ0) is 15.5. The van der Waals surface area contributed by atoms with Crippen LogP contribution in [0.4, 0.5) is 5.95 Å². The van der Waals surface area contributed by atoms with Gasteiger partial charge in [0.05, 0.1) is 22.0 Å². The van der Waals surface area contributed by atoms with Gasteiger partial charge in [0.1, 0.15) is 0 Å². The Bertz CT molecular complexity index is 702. The first-order valence-corrected chi connectivity index (χ1v) is 8.48. The number of rotatable bonds is 4. The molecule has 0 spiro atoms. The van der Waals surface area contributed by atoms with Crippen molar-refractivity contribution in [2.24, 2.45) is 0 Å². The molecular formula is C15H16ClN5S. The lowest BCUT2D eigenvalue weighted by Crippen LogP contribution is -2.22. The van der Waals surface area contributed by atoms with Crippen molar-refractivity contribution in [3.63, 3.8) is 0 Å². The fraction of sp³-hybridized carbons (Fsp3) is 0.400. The SMILES string of the molecule is C[C@@H](C#N)Sc1nnc(N2CCCC2)n1-c1ccccc1Cl. The maximum absolute atomic E-state index is 9.07. The highest BCUT2D eigenvalue weighted by atomic mass is 35.5. The van der Waals surface area contributed by atoms with Gasteiger partial charge in [-0.05, 0) is 31.9 Å². The van der Waals surface area contributed by atoms with Crippen molar-refractivity contribution in [3.8, 4) is 11.8 Å². The lowest BCUT2D eigenvalue weighted by molar-refractivity contribution is 0.840. The average molecular weight is 334 g/mol. The molecule has 1 aliphatic heterocycles. The van der Waals surface area contributed by atoms with Crippen LogP contribution in [0, 0.1) is 11.3 Å². The van der Waals surface area contributed by atoms with Crippen LogP contribution in [-0.4, -0.2) is 33.1 Å². The predicted molar refractivity (Wildman–Crippen MR) is 88.7 cm³/mol. The molecule has 0 radical (unpaired) electrons. The first-order valence-electron chi connectivity index (χ1n) is 7.22. The number of nitriles is 1. The Kier molecular flexibility index (Phi) is 4.55. The van der Waals surface area contributed by atoms with E-state index in [1.807, 2.05) is 35.8 Å². The normalized spacial score (nSPS) is 15.8. The summed E-state index contributed by atoms with van der Waals surface area (Å²) < 4.78 is 1.96.